The lowest BCUT2D eigenvalue weighted by atomic mass is 10.1. The van der Waals surface area contributed by atoms with Crippen LogP contribution in [0.5, 0.6) is 0 Å². The summed E-state index contributed by atoms with van der Waals surface area (Å²) in [5, 5.41) is 3.75. The molecule has 1 aliphatic heterocycles. The molecule has 0 spiro atoms. The summed E-state index contributed by atoms with van der Waals surface area (Å²) in [7, 11) is 0. The molecule has 134 valence electrons. The molecule has 1 aromatic carbocycles. The first-order valence-corrected chi connectivity index (χ1v) is 8.13. The molecule has 2 aromatic rings. The van der Waals surface area contributed by atoms with Crippen LogP contribution in [0.1, 0.15) is 5.56 Å². The Balaban J connectivity index is 1.54. The first kappa shape index (κ1) is 17.4. The van der Waals surface area contributed by atoms with Gasteiger partial charge in [0.1, 0.15) is 6.54 Å². The van der Waals surface area contributed by atoms with Gasteiger partial charge in [-0.3, -0.25) is 19.3 Å². The first-order chi connectivity index (χ1) is 12.5. The van der Waals surface area contributed by atoms with Crippen molar-refractivity contribution in [3.05, 3.63) is 48.7 Å². The molecule has 0 saturated carbocycles. The highest BCUT2D eigenvalue weighted by molar-refractivity contribution is 6.45. The number of rotatable bonds is 7. The molecule has 2 N–H and O–H groups in total. The summed E-state index contributed by atoms with van der Waals surface area (Å²) in [5.74, 6) is -2.44. The largest absolute Gasteiger partial charge is 0.361 e. The van der Waals surface area contributed by atoms with Crippen LogP contribution in [0.15, 0.2) is 43.1 Å². The molecule has 1 saturated heterocycles. The molecular formula is C18H18N4O4. The van der Waals surface area contributed by atoms with E-state index in [1.165, 1.54) is 6.08 Å². The maximum absolute atomic E-state index is 12.0. The van der Waals surface area contributed by atoms with Crippen LogP contribution in [0, 0.1) is 0 Å². The zero-order valence-electron chi connectivity index (χ0n) is 14.0. The number of nitrogens with one attached hydrogen (secondary N) is 2. The highest BCUT2D eigenvalue weighted by Gasteiger charge is 2.44. The van der Waals surface area contributed by atoms with Gasteiger partial charge in [0.15, 0.2) is 0 Å². The number of aromatic amines is 1. The van der Waals surface area contributed by atoms with Crippen molar-refractivity contribution in [2.24, 2.45) is 0 Å². The monoisotopic (exact) mass is 354 g/mol. The zero-order valence-corrected chi connectivity index (χ0v) is 14.0. The fourth-order valence-corrected chi connectivity index (χ4v) is 2.85. The fourth-order valence-electron chi connectivity index (χ4n) is 2.85. The number of amides is 5. The number of urea groups is 1. The average Bonchev–Trinajstić information content (AvgIpc) is 3.13. The topological polar surface area (TPSA) is 103 Å². The van der Waals surface area contributed by atoms with Crippen LogP contribution in [0.3, 0.4) is 0 Å². The van der Waals surface area contributed by atoms with E-state index in [-0.39, 0.29) is 6.54 Å². The SMILES string of the molecule is C=CCN1C(=O)C(=O)N(CC(=O)NCCc2c[nH]c3ccccc23)C1=O. The van der Waals surface area contributed by atoms with Crippen LogP contribution >= 0.6 is 0 Å². The van der Waals surface area contributed by atoms with Gasteiger partial charge in [0.2, 0.25) is 5.91 Å². The van der Waals surface area contributed by atoms with Gasteiger partial charge in [-0.05, 0) is 18.1 Å². The summed E-state index contributed by atoms with van der Waals surface area (Å²) < 4.78 is 0. The molecule has 0 radical (unpaired) electrons. The van der Waals surface area contributed by atoms with Crippen molar-refractivity contribution in [3.8, 4) is 0 Å². The lowest BCUT2D eigenvalue weighted by Gasteiger charge is -2.14. The summed E-state index contributed by atoms with van der Waals surface area (Å²) in [4.78, 5) is 52.2. The number of para-hydroxylation sites is 1. The Bertz CT molecular complexity index is 901. The number of H-pyrrole nitrogens is 1. The van der Waals surface area contributed by atoms with Crippen molar-refractivity contribution >= 4 is 34.7 Å². The van der Waals surface area contributed by atoms with Crippen LogP contribution in [-0.2, 0) is 20.8 Å². The van der Waals surface area contributed by atoms with E-state index in [1.54, 1.807) is 0 Å². The zero-order chi connectivity index (χ0) is 18.7. The first-order valence-electron chi connectivity index (χ1n) is 8.13. The normalized spacial score (nSPS) is 14.4. The molecule has 8 heteroatoms. The molecule has 0 atom stereocenters. The second-order valence-electron chi connectivity index (χ2n) is 5.84. The van der Waals surface area contributed by atoms with Crippen molar-refractivity contribution in [1.82, 2.24) is 20.1 Å². The van der Waals surface area contributed by atoms with Crippen LogP contribution in [-0.4, -0.2) is 58.2 Å². The number of aromatic nitrogens is 1. The van der Waals surface area contributed by atoms with Crippen LogP contribution in [0.4, 0.5) is 4.79 Å². The number of hydrogen-bond acceptors (Lipinski definition) is 4. The molecule has 1 aliphatic rings. The minimum absolute atomic E-state index is 0.0674. The van der Waals surface area contributed by atoms with Crippen molar-refractivity contribution in [1.29, 1.82) is 0 Å². The number of nitrogens with zero attached hydrogens (tertiary/aromatic N) is 2. The van der Waals surface area contributed by atoms with Crippen molar-refractivity contribution in [3.63, 3.8) is 0 Å². The van der Waals surface area contributed by atoms with Gasteiger partial charge in [0.25, 0.3) is 0 Å². The maximum Gasteiger partial charge on any atom is 0.335 e. The Labute approximate surface area is 149 Å². The summed E-state index contributed by atoms with van der Waals surface area (Å²) >= 11 is 0. The molecule has 0 bridgehead atoms. The summed E-state index contributed by atoms with van der Waals surface area (Å²) in [5.41, 5.74) is 2.07. The number of fused-ring (bicyclic) bond motifs is 1. The Morgan fingerprint density at radius 2 is 1.88 bits per heavy atom. The standard InChI is InChI=1S/C18H18N4O4/c1-2-9-21-16(24)17(25)22(18(21)26)11-15(23)19-8-7-12-10-20-14-6-4-3-5-13(12)14/h2-6,10,20H,1,7-9,11H2,(H,19,23). The average molecular weight is 354 g/mol. The van der Waals surface area contributed by atoms with E-state index >= 15 is 0 Å². The highest BCUT2D eigenvalue weighted by atomic mass is 16.2. The van der Waals surface area contributed by atoms with Gasteiger partial charge in [-0.25, -0.2) is 9.69 Å². The van der Waals surface area contributed by atoms with Gasteiger partial charge in [-0.1, -0.05) is 24.3 Å². The van der Waals surface area contributed by atoms with Gasteiger partial charge in [-0.15, -0.1) is 6.58 Å². The lowest BCUT2D eigenvalue weighted by molar-refractivity contribution is -0.143. The molecule has 2 heterocycles. The van der Waals surface area contributed by atoms with E-state index in [0.717, 1.165) is 21.4 Å². The Morgan fingerprint density at radius 1 is 1.15 bits per heavy atom. The van der Waals surface area contributed by atoms with Crippen molar-refractivity contribution < 1.29 is 19.2 Å². The quantitative estimate of drug-likeness (QED) is 0.436. The van der Waals surface area contributed by atoms with Gasteiger partial charge in [-0.2, -0.15) is 0 Å². The molecular weight excluding hydrogens is 336 g/mol. The van der Waals surface area contributed by atoms with Crippen molar-refractivity contribution in [2.75, 3.05) is 19.6 Å². The van der Waals surface area contributed by atoms with Gasteiger partial charge >= 0.3 is 17.8 Å². The minimum Gasteiger partial charge on any atom is -0.361 e. The van der Waals surface area contributed by atoms with Crippen LogP contribution < -0.4 is 5.32 Å². The van der Waals surface area contributed by atoms with E-state index in [1.807, 2.05) is 30.5 Å². The van der Waals surface area contributed by atoms with E-state index < -0.39 is 30.3 Å². The molecule has 1 fully saturated rings. The summed E-state index contributed by atoms with van der Waals surface area (Å²) in [6.07, 6.45) is 3.82. The maximum atomic E-state index is 12.0. The van der Waals surface area contributed by atoms with E-state index in [0.29, 0.717) is 17.9 Å². The Kier molecular flexibility index (Phi) is 4.83. The van der Waals surface area contributed by atoms with Gasteiger partial charge < -0.3 is 10.3 Å². The van der Waals surface area contributed by atoms with E-state index in [9.17, 15) is 19.2 Å². The number of hydrogen-bond donors (Lipinski definition) is 2. The van der Waals surface area contributed by atoms with E-state index in [2.05, 4.69) is 16.9 Å². The molecule has 3 rings (SSSR count). The summed E-state index contributed by atoms with van der Waals surface area (Å²) in [6.45, 7) is 3.23. The minimum atomic E-state index is -0.997. The smallest absolute Gasteiger partial charge is 0.335 e. The molecule has 0 unspecified atom stereocenters. The second-order valence-corrected chi connectivity index (χ2v) is 5.84. The van der Waals surface area contributed by atoms with E-state index in [4.69, 9.17) is 0 Å². The molecule has 8 nitrogen and oxygen atoms in total. The lowest BCUT2D eigenvalue weighted by Crippen LogP contribution is -2.42. The third-order valence-electron chi connectivity index (χ3n) is 4.14. The Morgan fingerprint density at radius 3 is 2.65 bits per heavy atom. The van der Waals surface area contributed by atoms with Crippen LogP contribution in [0.25, 0.3) is 10.9 Å². The predicted molar refractivity (Wildman–Crippen MR) is 94.0 cm³/mol. The van der Waals surface area contributed by atoms with Crippen LogP contribution in [0.2, 0.25) is 0 Å². The molecule has 0 aliphatic carbocycles. The van der Waals surface area contributed by atoms with Gasteiger partial charge in [0.05, 0.1) is 0 Å². The highest BCUT2D eigenvalue weighted by Crippen LogP contribution is 2.17. The fraction of sp³-hybridized carbons (Fsp3) is 0.222. The molecule has 1 aromatic heterocycles. The predicted octanol–water partition coefficient (Wildman–Crippen LogP) is 0.803. The third kappa shape index (κ3) is 3.21. The summed E-state index contributed by atoms with van der Waals surface area (Å²) in [6, 6.07) is 7.03. The molecule has 26 heavy (non-hydrogen) atoms. The molecule has 5 amide bonds. The number of benzene rings is 1. The number of imide groups is 2. The second kappa shape index (κ2) is 7.22. The number of carbonyl (C=O) groups excluding carboxylic acids is 4. The third-order valence-corrected chi connectivity index (χ3v) is 4.14. The Hall–Kier alpha value is -3.42. The van der Waals surface area contributed by atoms with Gasteiger partial charge in [0, 0.05) is 30.2 Å². The van der Waals surface area contributed by atoms with Crippen molar-refractivity contribution in [2.45, 2.75) is 6.42 Å². The number of carbonyl (C=O) groups is 4.